The standard InChI is InChI=1S/C27H32N2O6/c1-3-17(2)14-23(25(30)29-12-13-34-24(15-29)26(31)32)28-27(33)35-16-22-20-10-6-4-8-18(20)19-9-5-7-11-21(19)22/h4-11,17,22-24H,3,12-16H2,1-2H3,(H,28,33)(H,31,32). The fourth-order valence-electron chi connectivity index (χ4n) is 4.79. The number of carbonyl (C=O) groups is 3. The predicted octanol–water partition coefficient (Wildman–Crippen LogP) is 3.64. The Labute approximate surface area is 205 Å². The lowest BCUT2D eigenvalue weighted by molar-refractivity contribution is -0.160. The normalized spacial score (nSPS) is 18.8. The highest BCUT2D eigenvalue weighted by atomic mass is 16.5. The zero-order valence-electron chi connectivity index (χ0n) is 20.1. The molecule has 1 saturated heterocycles. The third-order valence-corrected chi connectivity index (χ3v) is 6.92. The van der Waals surface area contributed by atoms with Gasteiger partial charge in [0.15, 0.2) is 6.10 Å². The van der Waals surface area contributed by atoms with Gasteiger partial charge in [-0.05, 0) is 34.6 Å². The largest absolute Gasteiger partial charge is 0.479 e. The third-order valence-electron chi connectivity index (χ3n) is 6.92. The summed E-state index contributed by atoms with van der Waals surface area (Å²) < 4.78 is 10.9. The van der Waals surface area contributed by atoms with E-state index in [1.54, 1.807) is 0 Å². The molecule has 8 heteroatoms. The summed E-state index contributed by atoms with van der Waals surface area (Å²) in [5, 5.41) is 12.0. The second-order valence-electron chi connectivity index (χ2n) is 9.25. The van der Waals surface area contributed by atoms with Crippen molar-refractivity contribution >= 4 is 18.0 Å². The van der Waals surface area contributed by atoms with Crippen molar-refractivity contribution in [2.75, 3.05) is 26.3 Å². The highest BCUT2D eigenvalue weighted by molar-refractivity contribution is 5.86. The Hall–Kier alpha value is -3.39. The third kappa shape index (κ3) is 5.48. The van der Waals surface area contributed by atoms with Crippen molar-refractivity contribution < 1.29 is 29.0 Å². The highest BCUT2D eigenvalue weighted by Gasteiger charge is 2.34. The Morgan fingerprint density at radius 2 is 1.74 bits per heavy atom. The lowest BCUT2D eigenvalue weighted by Crippen LogP contribution is -2.55. The van der Waals surface area contributed by atoms with Crippen LogP contribution in [0.5, 0.6) is 0 Å². The molecule has 1 aliphatic heterocycles. The van der Waals surface area contributed by atoms with Gasteiger partial charge in [0, 0.05) is 12.5 Å². The minimum atomic E-state index is -1.11. The zero-order valence-corrected chi connectivity index (χ0v) is 20.1. The van der Waals surface area contributed by atoms with E-state index in [9.17, 15) is 19.5 Å². The first-order valence-electron chi connectivity index (χ1n) is 12.1. The first-order chi connectivity index (χ1) is 16.9. The van der Waals surface area contributed by atoms with Gasteiger partial charge >= 0.3 is 12.1 Å². The van der Waals surface area contributed by atoms with Crippen molar-refractivity contribution in [2.45, 2.75) is 44.8 Å². The van der Waals surface area contributed by atoms with Gasteiger partial charge in [-0.1, -0.05) is 68.8 Å². The number of carboxylic acids is 1. The quantitative estimate of drug-likeness (QED) is 0.598. The molecule has 2 aromatic carbocycles. The van der Waals surface area contributed by atoms with Crippen LogP contribution in [-0.2, 0) is 19.1 Å². The maximum atomic E-state index is 13.2. The van der Waals surface area contributed by atoms with E-state index in [0.717, 1.165) is 28.7 Å². The number of aliphatic carboxylic acids is 1. The molecule has 0 saturated carbocycles. The Kier molecular flexibility index (Phi) is 7.70. The molecule has 2 amide bonds. The molecule has 3 unspecified atom stereocenters. The number of carboxylic acid groups (broad SMARTS) is 1. The van der Waals surface area contributed by atoms with Gasteiger partial charge in [-0.3, -0.25) is 4.79 Å². The van der Waals surface area contributed by atoms with E-state index >= 15 is 0 Å². The van der Waals surface area contributed by atoms with Crippen LogP contribution in [0.3, 0.4) is 0 Å². The van der Waals surface area contributed by atoms with Crippen LogP contribution in [0.2, 0.25) is 0 Å². The van der Waals surface area contributed by atoms with Crippen molar-refractivity contribution in [1.82, 2.24) is 10.2 Å². The van der Waals surface area contributed by atoms with Crippen molar-refractivity contribution in [3.8, 4) is 11.1 Å². The second-order valence-corrected chi connectivity index (χ2v) is 9.25. The average Bonchev–Trinajstić information content (AvgIpc) is 3.20. The van der Waals surface area contributed by atoms with Gasteiger partial charge in [0.05, 0.1) is 13.2 Å². The van der Waals surface area contributed by atoms with E-state index in [1.807, 2.05) is 50.2 Å². The number of ether oxygens (including phenoxy) is 2. The van der Waals surface area contributed by atoms with E-state index in [4.69, 9.17) is 9.47 Å². The minimum Gasteiger partial charge on any atom is -0.479 e. The number of morpholine rings is 1. The maximum absolute atomic E-state index is 13.2. The van der Waals surface area contributed by atoms with Crippen molar-refractivity contribution in [3.63, 3.8) is 0 Å². The molecular formula is C27H32N2O6. The molecule has 0 radical (unpaired) electrons. The van der Waals surface area contributed by atoms with E-state index in [-0.39, 0.29) is 44.0 Å². The zero-order chi connectivity index (χ0) is 24.9. The summed E-state index contributed by atoms with van der Waals surface area (Å²) >= 11 is 0. The maximum Gasteiger partial charge on any atom is 0.407 e. The molecule has 3 atom stereocenters. The lowest BCUT2D eigenvalue weighted by atomic mass is 9.98. The van der Waals surface area contributed by atoms with Crippen LogP contribution in [0.1, 0.15) is 43.7 Å². The van der Waals surface area contributed by atoms with Gasteiger partial charge < -0.3 is 24.8 Å². The minimum absolute atomic E-state index is 0.0441. The van der Waals surface area contributed by atoms with E-state index in [1.165, 1.54) is 4.90 Å². The molecule has 0 spiro atoms. The first kappa shape index (κ1) is 24.7. The Morgan fingerprint density at radius 3 is 2.34 bits per heavy atom. The summed E-state index contributed by atoms with van der Waals surface area (Å²) in [6.07, 6.45) is -0.436. The molecule has 0 aromatic heterocycles. The average molecular weight is 481 g/mol. The van der Waals surface area contributed by atoms with E-state index in [2.05, 4.69) is 17.4 Å². The van der Waals surface area contributed by atoms with Crippen molar-refractivity contribution in [3.05, 3.63) is 59.7 Å². The molecule has 35 heavy (non-hydrogen) atoms. The molecule has 0 bridgehead atoms. The fourth-order valence-corrected chi connectivity index (χ4v) is 4.79. The van der Waals surface area contributed by atoms with Crippen LogP contribution in [0.15, 0.2) is 48.5 Å². The molecule has 186 valence electrons. The van der Waals surface area contributed by atoms with Gasteiger partial charge in [0.2, 0.25) is 5.91 Å². The molecule has 2 aromatic rings. The van der Waals surface area contributed by atoms with Gasteiger partial charge in [-0.15, -0.1) is 0 Å². The summed E-state index contributed by atoms with van der Waals surface area (Å²) in [6.45, 7) is 4.57. The Balaban J connectivity index is 1.43. The number of fused-ring (bicyclic) bond motifs is 3. The van der Waals surface area contributed by atoms with Crippen LogP contribution in [0.25, 0.3) is 11.1 Å². The van der Waals surface area contributed by atoms with E-state index < -0.39 is 24.2 Å². The number of carbonyl (C=O) groups excluding carboxylic acids is 2. The molecule has 2 aliphatic rings. The Morgan fingerprint density at radius 1 is 1.11 bits per heavy atom. The number of hydrogen-bond donors (Lipinski definition) is 2. The summed E-state index contributed by atoms with van der Waals surface area (Å²) in [4.78, 5) is 38.9. The summed E-state index contributed by atoms with van der Waals surface area (Å²) in [5.41, 5.74) is 4.51. The van der Waals surface area contributed by atoms with Crippen LogP contribution < -0.4 is 5.32 Å². The smallest absolute Gasteiger partial charge is 0.407 e. The summed E-state index contributed by atoms with van der Waals surface area (Å²) in [6, 6.07) is 15.4. The highest BCUT2D eigenvalue weighted by Crippen LogP contribution is 2.44. The fraction of sp³-hybridized carbons (Fsp3) is 0.444. The molecule has 1 heterocycles. The molecule has 4 rings (SSSR count). The number of benzene rings is 2. The number of hydrogen-bond acceptors (Lipinski definition) is 5. The van der Waals surface area contributed by atoms with Gasteiger partial charge in [-0.25, -0.2) is 9.59 Å². The van der Waals surface area contributed by atoms with Crippen LogP contribution in [-0.4, -0.2) is 66.4 Å². The first-order valence-corrected chi connectivity index (χ1v) is 12.1. The predicted molar refractivity (Wildman–Crippen MR) is 130 cm³/mol. The number of alkyl carbamates (subject to hydrolysis) is 1. The molecular weight excluding hydrogens is 448 g/mol. The SMILES string of the molecule is CCC(C)CC(NC(=O)OCC1c2ccccc2-c2ccccc21)C(=O)N1CCOC(C(=O)O)C1. The number of rotatable bonds is 8. The molecule has 2 N–H and O–H groups in total. The van der Waals surface area contributed by atoms with E-state index in [0.29, 0.717) is 6.42 Å². The summed E-state index contributed by atoms with van der Waals surface area (Å²) in [7, 11) is 0. The second kappa shape index (κ2) is 10.9. The molecule has 1 aliphatic carbocycles. The van der Waals surface area contributed by atoms with Crippen LogP contribution in [0.4, 0.5) is 4.79 Å². The number of nitrogens with zero attached hydrogens (tertiary/aromatic N) is 1. The molecule has 1 fully saturated rings. The lowest BCUT2D eigenvalue weighted by Gasteiger charge is -2.34. The van der Waals surface area contributed by atoms with Gasteiger partial charge in [-0.2, -0.15) is 0 Å². The monoisotopic (exact) mass is 480 g/mol. The van der Waals surface area contributed by atoms with Crippen LogP contribution in [0, 0.1) is 5.92 Å². The number of nitrogens with one attached hydrogen (secondary N) is 1. The van der Waals surface area contributed by atoms with Gasteiger partial charge in [0.25, 0.3) is 0 Å². The topological polar surface area (TPSA) is 105 Å². The Bertz CT molecular complexity index is 1040. The molecule has 8 nitrogen and oxygen atoms in total. The van der Waals surface area contributed by atoms with Gasteiger partial charge in [0.1, 0.15) is 12.6 Å². The van der Waals surface area contributed by atoms with Crippen LogP contribution >= 0.6 is 0 Å². The number of amides is 2. The van der Waals surface area contributed by atoms with Crippen molar-refractivity contribution in [2.24, 2.45) is 5.92 Å². The summed E-state index contributed by atoms with van der Waals surface area (Å²) in [5.74, 6) is -1.31. The van der Waals surface area contributed by atoms with Crippen molar-refractivity contribution in [1.29, 1.82) is 0 Å².